The summed E-state index contributed by atoms with van der Waals surface area (Å²) >= 11 is 0. The number of rotatable bonds is 4. The maximum Gasteiger partial charge on any atom is 0.306 e. The van der Waals surface area contributed by atoms with Crippen LogP contribution in [0.2, 0.25) is 0 Å². The normalized spacial score (nSPS) is 23.0. The van der Waals surface area contributed by atoms with Crippen LogP contribution in [0.5, 0.6) is 0 Å². The van der Waals surface area contributed by atoms with Crippen LogP contribution < -0.4 is 5.73 Å². The number of benzene rings is 1. The Balaban J connectivity index is 1.86. The molecule has 2 rings (SSSR count). The number of nitrogen functional groups attached to an aromatic ring is 1. The van der Waals surface area contributed by atoms with Crippen molar-refractivity contribution in [2.75, 3.05) is 12.3 Å². The van der Waals surface area contributed by atoms with E-state index in [1.807, 2.05) is 19.1 Å². The van der Waals surface area contributed by atoms with E-state index in [2.05, 4.69) is 12.1 Å². The van der Waals surface area contributed by atoms with E-state index in [-0.39, 0.29) is 5.97 Å². The number of carbonyl (C=O) groups excluding carboxylic acids is 1. The molecule has 0 saturated heterocycles. The number of ether oxygens (including phenoxy) is 1. The van der Waals surface area contributed by atoms with Crippen molar-refractivity contribution < 1.29 is 9.53 Å². The second-order valence-corrected chi connectivity index (χ2v) is 5.36. The molecule has 1 saturated carbocycles. The highest BCUT2D eigenvalue weighted by Crippen LogP contribution is 2.38. The lowest BCUT2D eigenvalue weighted by atomic mass is 9.77. The molecule has 0 radical (unpaired) electrons. The minimum Gasteiger partial charge on any atom is -0.466 e. The van der Waals surface area contributed by atoms with Gasteiger partial charge in [-0.2, -0.15) is 0 Å². The summed E-state index contributed by atoms with van der Waals surface area (Å²) in [6, 6.07) is 8.13. The first-order valence-electron chi connectivity index (χ1n) is 7.20. The molecule has 0 amide bonds. The van der Waals surface area contributed by atoms with Crippen molar-refractivity contribution in [3.8, 4) is 0 Å². The second-order valence-electron chi connectivity index (χ2n) is 5.36. The smallest absolute Gasteiger partial charge is 0.306 e. The van der Waals surface area contributed by atoms with Crippen molar-refractivity contribution in [1.29, 1.82) is 0 Å². The van der Waals surface area contributed by atoms with Crippen molar-refractivity contribution in [2.24, 2.45) is 5.92 Å². The zero-order valence-electron chi connectivity index (χ0n) is 11.6. The van der Waals surface area contributed by atoms with E-state index in [1.165, 1.54) is 5.56 Å². The summed E-state index contributed by atoms with van der Waals surface area (Å²) < 4.78 is 5.02. The fourth-order valence-electron chi connectivity index (χ4n) is 3.02. The lowest BCUT2D eigenvalue weighted by molar-refractivity contribution is -0.144. The van der Waals surface area contributed by atoms with Crippen molar-refractivity contribution in [2.45, 2.75) is 44.9 Å². The highest BCUT2D eigenvalue weighted by Gasteiger charge is 2.25. The van der Waals surface area contributed by atoms with Gasteiger partial charge in [-0.25, -0.2) is 0 Å². The number of para-hydroxylation sites is 1. The molecule has 0 unspecified atom stereocenters. The van der Waals surface area contributed by atoms with Gasteiger partial charge in [0.2, 0.25) is 0 Å². The zero-order valence-corrected chi connectivity index (χ0v) is 11.6. The lowest BCUT2D eigenvalue weighted by Crippen LogP contribution is -2.18. The summed E-state index contributed by atoms with van der Waals surface area (Å²) in [4.78, 5) is 11.5. The van der Waals surface area contributed by atoms with E-state index in [0.717, 1.165) is 31.4 Å². The molecule has 3 heteroatoms. The summed E-state index contributed by atoms with van der Waals surface area (Å²) in [6.07, 6.45) is 5.01. The molecule has 3 nitrogen and oxygen atoms in total. The number of hydrogen-bond donors (Lipinski definition) is 1. The molecule has 0 heterocycles. The molecule has 0 aromatic heterocycles. The monoisotopic (exact) mass is 261 g/mol. The van der Waals surface area contributed by atoms with E-state index >= 15 is 0 Å². The van der Waals surface area contributed by atoms with Crippen LogP contribution in [0.1, 0.15) is 50.5 Å². The minimum absolute atomic E-state index is 0.0508. The Bertz CT molecular complexity index is 423. The maximum atomic E-state index is 11.5. The molecule has 0 aliphatic heterocycles. The van der Waals surface area contributed by atoms with E-state index in [4.69, 9.17) is 10.5 Å². The first-order chi connectivity index (χ1) is 9.20. The maximum absolute atomic E-state index is 11.5. The number of carbonyl (C=O) groups is 1. The molecule has 1 aliphatic rings. The van der Waals surface area contributed by atoms with Gasteiger partial charge in [0.1, 0.15) is 0 Å². The van der Waals surface area contributed by atoms with E-state index in [9.17, 15) is 4.79 Å². The molecule has 1 aromatic carbocycles. The van der Waals surface area contributed by atoms with E-state index < -0.39 is 0 Å². The van der Waals surface area contributed by atoms with Gasteiger partial charge in [0.15, 0.2) is 0 Å². The highest BCUT2D eigenvalue weighted by atomic mass is 16.5. The molecule has 2 N–H and O–H groups in total. The summed E-state index contributed by atoms with van der Waals surface area (Å²) in [5, 5.41) is 0. The third kappa shape index (κ3) is 3.72. The van der Waals surface area contributed by atoms with Crippen molar-refractivity contribution in [1.82, 2.24) is 0 Å². The van der Waals surface area contributed by atoms with Crippen LogP contribution >= 0.6 is 0 Å². The van der Waals surface area contributed by atoms with Crippen LogP contribution in [0.3, 0.4) is 0 Å². The molecule has 0 spiro atoms. The quantitative estimate of drug-likeness (QED) is 0.666. The molecule has 0 atom stereocenters. The molecular formula is C16H23NO2. The molecule has 1 fully saturated rings. The topological polar surface area (TPSA) is 52.3 Å². The van der Waals surface area contributed by atoms with Crippen molar-refractivity contribution in [3.05, 3.63) is 29.8 Å². The summed E-state index contributed by atoms with van der Waals surface area (Å²) in [7, 11) is 0. The predicted octanol–water partition coefficient (Wildman–Crippen LogP) is 3.50. The van der Waals surface area contributed by atoms with Gasteiger partial charge in [0.25, 0.3) is 0 Å². The number of hydrogen-bond acceptors (Lipinski definition) is 3. The Morgan fingerprint density at radius 2 is 1.95 bits per heavy atom. The Morgan fingerprint density at radius 1 is 1.26 bits per heavy atom. The number of anilines is 1. The average Bonchev–Trinajstić information content (AvgIpc) is 2.41. The Morgan fingerprint density at radius 3 is 2.58 bits per heavy atom. The van der Waals surface area contributed by atoms with Gasteiger partial charge >= 0.3 is 5.97 Å². The first kappa shape index (κ1) is 13.9. The lowest BCUT2D eigenvalue weighted by Gasteiger charge is -2.28. The summed E-state index contributed by atoms with van der Waals surface area (Å²) in [5.74, 6) is 0.991. The Kier molecular flexibility index (Phi) is 4.83. The van der Waals surface area contributed by atoms with Crippen molar-refractivity contribution in [3.63, 3.8) is 0 Å². The van der Waals surface area contributed by atoms with Crippen LogP contribution in [0.15, 0.2) is 24.3 Å². The fourth-order valence-corrected chi connectivity index (χ4v) is 3.02. The molecule has 19 heavy (non-hydrogen) atoms. The zero-order chi connectivity index (χ0) is 13.7. The van der Waals surface area contributed by atoms with Gasteiger partial charge in [-0.05, 0) is 56.1 Å². The predicted molar refractivity (Wildman–Crippen MR) is 76.8 cm³/mol. The van der Waals surface area contributed by atoms with Crippen molar-refractivity contribution >= 4 is 11.7 Å². The molecule has 104 valence electrons. The van der Waals surface area contributed by atoms with Crippen LogP contribution in [0, 0.1) is 5.92 Å². The first-order valence-corrected chi connectivity index (χ1v) is 7.20. The van der Waals surface area contributed by atoms with Crippen LogP contribution in [0.25, 0.3) is 0 Å². The van der Waals surface area contributed by atoms with Crippen LogP contribution in [-0.4, -0.2) is 12.6 Å². The molecular weight excluding hydrogens is 238 g/mol. The van der Waals surface area contributed by atoms with Gasteiger partial charge in [0.05, 0.1) is 6.61 Å². The van der Waals surface area contributed by atoms with Crippen LogP contribution in [0.4, 0.5) is 5.69 Å². The molecule has 1 aromatic rings. The second kappa shape index (κ2) is 6.60. The standard InChI is InChI=1S/C16H23NO2/c1-2-19-16(18)11-12-7-9-13(10-8-12)14-5-3-4-6-15(14)17/h3-6,12-13H,2,7-11,17H2,1H3. The van der Waals surface area contributed by atoms with Gasteiger partial charge in [0, 0.05) is 12.1 Å². The Labute approximate surface area is 115 Å². The average molecular weight is 261 g/mol. The fraction of sp³-hybridized carbons (Fsp3) is 0.562. The molecule has 1 aliphatic carbocycles. The SMILES string of the molecule is CCOC(=O)CC1CCC(c2ccccc2N)CC1. The Hall–Kier alpha value is -1.51. The largest absolute Gasteiger partial charge is 0.466 e. The van der Waals surface area contributed by atoms with Gasteiger partial charge in [-0.3, -0.25) is 4.79 Å². The molecule has 0 bridgehead atoms. The van der Waals surface area contributed by atoms with E-state index in [0.29, 0.717) is 24.9 Å². The third-order valence-electron chi connectivity index (χ3n) is 4.04. The summed E-state index contributed by atoms with van der Waals surface area (Å²) in [6.45, 7) is 2.34. The van der Waals surface area contributed by atoms with Gasteiger partial charge < -0.3 is 10.5 Å². The highest BCUT2D eigenvalue weighted by molar-refractivity contribution is 5.69. The number of esters is 1. The van der Waals surface area contributed by atoms with Gasteiger partial charge in [-0.1, -0.05) is 18.2 Å². The third-order valence-corrected chi connectivity index (χ3v) is 4.04. The minimum atomic E-state index is -0.0508. The summed E-state index contributed by atoms with van der Waals surface area (Å²) in [5.41, 5.74) is 8.21. The van der Waals surface area contributed by atoms with Crippen LogP contribution in [-0.2, 0) is 9.53 Å². The van der Waals surface area contributed by atoms with Gasteiger partial charge in [-0.15, -0.1) is 0 Å². The number of nitrogens with two attached hydrogens (primary N) is 1. The van der Waals surface area contributed by atoms with E-state index in [1.54, 1.807) is 0 Å².